The van der Waals surface area contributed by atoms with Gasteiger partial charge in [-0.2, -0.15) is 0 Å². The molecule has 1 saturated heterocycles. The highest BCUT2D eigenvalue weighted by Gasteiger charge is 2.24. The van der Waals surface area contributed by atoms with Crippen LogP contribution in [0.4, 0.5) is 14.5 Å². The van der Waals surface area contributed by atoms with Crippen LogP contribution in [-0.2, 0) is 11.3 Å². The number of carbonyl (C=O) groups excluding carboxylic acids is 1. The molecular formula is C26H32F2N4O4. The van der Waals surface area contributed by atoms with Crippen molar-refractivity contribution in [2.75, 3.05) is 37.8 Å². The van der Waals surface area contributed by atoms with Gasteiger partial charge in [-0.1, -0.05) is 25.8 Å². The maximum atomic E-state index is 14.2. The van der Waals surface area contributed by atoms with Gasteiger partial charge in [0.2, 0.25) is 0 Å². The predicted molar refractivity (Wildman–Crippen MR) is 132 cm³/mol. The van der Waals surface area contributed by atoms with Gasteiger partial charge >= 0.3 is 0 Å². The van der Waals surface area contributed by atoms with Crippen LogP contribution in [0.2, 0.25) is 0 Å². The Morgan fingerprint density at radius 2 is 2.00 bits per heavy atom. The number of ether oxygens (including phenoxy) is 2. The number of carbonyl (C=O) groups is 1. The smallest absolute Gasteiger partial charge is 0.270 e. The highest BCUT2D eigenvalue weighted by atomic mass is 19.1. The van der Waals surface area contributed by atoms with Crippen LogP contribution in [0.15, 0.2) is 30.5 Å². The van der Waals surface area contributed by atoms with Crippen LogP contribution in [0.5, 0.6) is 5.75 Å². The van der Waals surface area contributed by atoms with E-state index in [0.717, 1.165) is 18.5 Å². The average molecular weight is 503 g/mol. The summed E-state index contributed by atoms with van der Waals surface area (Å²) in [7, 11) is 0. The van der Waals surface area contributed by atoms with Gasteiger partial charge in [-0.15, -0.1) is 0 Å². The Balaban J connectivity index is 1.72. The number of aliphatic hydroxyl groups excluding tert-OH is 1. The fourth-order valence-corrected chi connectivity index (χ4v) is 4.32. The number of benzene rings is 1. The van der Waals surface area contributed by atoms with E-state index in [1.807, 2.05) is 13.1 Å². The van der Waals surface area contributed by atoms with E-state index in [1.165, 1.54) is 18.2 Å². The van der Waals surface area contributed by atoms with E-state index >= 15 is 0 Å². The van der Waals surface area contributed by atoms with E-state index in [2.05, 4.69) is 15.2 Å². The molecule has 3 heterocycles. The quantitative estimate of drug-likeness (QED) is 0.440. The summed E-state index contributed by atoms with van der Waals surface area (Å²) < 4.78 is 41.5. The van der Waals surface area contributed by atoms with Gasteiger partial charge in [-0.25, -0.2) is 13.8 Å². The summed E-state index contributed by atoms with van der Waals surface area (Å²) in [5, 5.41) is 12.6. The van der Waals surface area contributed by atoms with E-state index in [1.54, 1.807) is 17.4 Å². The van der Waals surface area contributed by atoms with Gasteiger partial charge in [0.15, 0.2) is 11.4 Å². The number of fused-ring (bicyclic) bond motifs is 1. The zero-order valence-electron chi connectivity index (χ0n) is 20.6. The predicted octanol–water partition coefficient (Wildman–Crippen LogP) is 3.62. The lowest BCUT2D eigenvalue weighted by Gasteiger charge is -2.29. The number of hydrogen-bond donors (Lipinski definition) is 2. The van der Waals surface area contributed by atoms with Crippen molar-refractivity contribution in [2.45, 2.75) is 45.8 Å². The van der Waals surface area contributed by atoms with Crippen LogP contribution in [0.3, 0.4) is 0 Å². The van der Waals surface area contributed by atoms with E-state index in [9.17, 15) is 18.7 Å². The average Bonchev–Trinajstić information content (AvgIpc) is 3.22. The van der Waals surface area contributed by atoms with E-state index < -0.39 is 11.6 Å². The first-order chi connectivity index (χ1) is 17.4. The van der Waals surface area contributed by atoms with Crippen LogP contribution in [0.1, 0.15) is 47.9 Å². The van der Waals surface area contributed by atoms with Gasteiger partial charge < -0.3 is 24.8 Å². The number of amides is 1. The molecule has 4 rings (SSSR count). The summed E-state index contributed by atoms with van der Waals surface area (Å²) in [6, 6.07) is 5.06. The summed E-state index contributed by atoms with van der Waals surface area (Å²) in [4.78, 5) is 19.9. The van der Waals surface area contributed by atoms with E-state index in [4.69, 9.17) is 9.47 Å². The summed E-state index contributed by atoms with van der Waals surface area (Å²) in [6.45, 7) is 5.67. The van der Waals surface area contributed by atoms with Crippen LogP contribution in [0.25, 0.3) is 5.65 Å². The molecule has 1 fully saturated rings. The van der Waals surface area contributed by atoms with Crippen molar-refractivity contribution in [3.63, 3.8) is 0 Å². The number of hydrogen-bond acceptors (Lipinski definition) is 6. The fourth-order valence-electron chi connectivity index (χ4n) is 4.32. The van der Waals surface area contributed by atoms with Gasteiger partial charge in [0.1, 0.15) is 23.9 Å². The van der Waals surface area contributed by atoms with Crippen molar-refractivity contribution in [3.8, 4) is 5.75 Å². The van der Waals surface area contributed by atoms with E-state index in [-0.39, 0.29) is 30.7 Å². The third-order valence-electron chi connectivity index (χ3n) is 6.33. The number of pyridine rings is 1. The minimum Gasteiger partial charge on any atom is -0.485 e. The van der Waals surface area contributed by atoms with Crippen LogP contribution in [0, 0.1) is 18.6 Å². The second-order valence-electron chi connectivity index (χ2n) is 8.89. The Morgan fingerprint density at radius 3 is 2.67 bits per heavy atom. The van der Waals surface area contributed by atoms with Gasteiger partial charge in [0.25, 0.3) is 5.91 Å². The highest BCUT2D eigenvalue weighted by molar-refractivity contribution is 5.95. The normalized spacial score (nSPS) is 14.8. The number of rotatable bonds is 10. The van der Waals surface area contributed by atoms with Gasteiger partial charge in [0.05, 0.1) is 42.8 Å². The lowest BCUT2D eigenvalue weighted by atomic mass is 10.1. The lowest BCUT2D eigenvalue weighted by Crippen LogP contribution is -2.38. The van der Waals surface area contributed by atoms with Gasteiger partial charge in [-0.3, -0.25) is 9.20 Å². The molecule has 3 aromatic rings. The number of nitrogens with one attached hydrogen (secondary N) is 1. The molecule has 2 aromatic heterocycles. The zero-order chi connectivity index (χ0) is 25.7. The molecule has 0 spiro atoms. The molecule has 1 amide bonds. The second-order valence-corrected chi connectivity index (χ2v) is 8.89. The molecule has 36 heavy (non-hydrogen) atoms. The molecule has 0 radical (unpaired) electrons. The minimum atomic E-state index is -0.697. The van der Waals surface area contributed by atoms with Crippen molar-refractivity contribution in [1.29, 1.82) is 0 Å². The summed E-state index contributed by atoms with van der Waals surface area (Å²) >= 11 is 0. The fraction of sp³-hybridized carbons (Fsp3) is 0.462. The Hall–Kier alpha value is -3.24. The van der Waals surface area contributed by atoms with Crippen LogP contribution >= 0.6 is 0 Å². The van der Waals surface area contributed by atoms with Crippen LogP contribution in [-0.4, -0.2) is 59.4 Å². The third kappa shape index (κ3) is 5.60. The van der Waals surface area contributed by atoms with Gasteiger partial charge in [-0.05, 0) is 25.5 Å². The Kier molecular flexibility index (Phi) is 8.37. The molecule has 8 nitrogen and oxygen atoms in total. The Bertz CT molecular complexity index is 1190. The number of morpholine rings is 1. The molecule has 1 atom stereocenters. The summed E-state index contributed by atoms with van der Waals surface area (Å²) in [5.41, 5.74) is 1.74. The van der Waals surface area contributed by atoms with Crippen molar-refractivity contribution < 1.29 is 28.2 Å². The molecule has 194 valence electrons. The molecule has 1 aliphatic heterocycles. The number of aryl methyl sites for hydroxylation is 1. The first kappa shape index (κ1) is 25.8. The molecule has 0 bridgehead atoms. The second kappa shape index (κ2) is 11.7. The third-order valence-corrected chi connectivity index (χ3v) is 6.33. The number of nitrogens with zero attached hydrogens (tertiary/aromatic N) is 3. The van der Waals surface area contributed by atoms with Crippen LogP contribution < -0.4 is 15.0 Å². The molecule has 1 aliphatic rings. The molecular weight excluding hydrogens is 470 g/mol. The monoisotopic (exact) mass is 502 g/mol. The largest absolute Gasteiger partial charge is 0.485 e. The first-order valence-electron chi connectivity index (χ1n) is 12.3. The molecule has 0 saturated carbocycles. The van der Waals surface area contributed by atoms with E-state index in [0.29, 0.717) is 55.5 Å². The molecule has 1 aromatic carbocycles. The molecule has 0 aliphatic carbocycles. The Morgan fingerprint density at radius 1 is 1.28 bits per heavy atom. The topological polar surface area (TPSA) is 88.3 Å². The standard InChI is InChI=1S/C26H32F2N4O4/c1-3-4-6-18(15-33)30-26(34)24-17(2)29-25-23(36-16-20-21(27)7-5-8-22(20)28)13-19(14-32(24)25)31-9-11-35-12-10-31/h5,7-8,13-14,18,33H,3-4,6,9-12,15-16H2,1-2H3,(H,30,34)/t18-/m1/s1. The van der Waals surface area contributed by atoms with Gasteiger partial charge in [0, 0.05) is 25.4 Å². The maximum Gasteiger partial charge on any atom is 0.270 e. The number of aromatic nitrogens is 2. The number of imidazole rings is 1. The van der Waals surface area contributed by atoms with Crippen molar-refractivity contribution in [1.82, 2.24) is 14.7 Å². The lowest BCUT2D eigenvalue weighted by molar-refractivity contribution is 0.0905. The number of halogens is 2. The zero-order valence-corrected chi connectivity index (χ0v) is 20.6. The number of unbranched alkanes of at least 4 members (excludes halogenated alkanes) is 1. The molecule has 2 N–H and O–H groups in total. The van der Waals surface area contributed by atoms with Crippen molar-refractivity contribution in [2.24, 2.45) is 0 Å². The highest BCUT2D eigenvalue weighted by Crippen LogP contribution is 2.30. The Labute approximate surface area is 208 Å². The minimum absolute atomic E-state index is 0.164. The number of aliphatic hydroxyl groups is 1. The van der Waals surface area contributed by atoms with Crippen molar-refractivity contribution >= 4 is 17.2 Å². The first-order valence-corrected chi connectivity index (χ1v) is 12.3. The number of anilines is 1. The van der Waals surface area contributed by atoms with Crippen molar-refractivity contribution in [3.05, 3.63) is 59.0 Å². The summed E-state index contributed by atoms with van der Waals surface area (Å²) in [5.74, 6) is -1.46. The summed E-state index contributed by atoms with van der Waals surface area (Å²) in [6.07, 6.45) is 4.30. The SMILES string of the molecule is CCCC[C@H](CO)NC(=O)c1c(C)nc2c(OCc3c(F)cccc3F)cc(N3CCOCC3)cn12. The molecule has 0 unspecified atom stereocenters. The maximum absolute atomic E-state index is 14.2. The molecule has 10 heteroatoms.